The molecule has 0 aromatic heterocycles. The number of carbonyl (C=O) groups is 2. The molecule has 2 N–H and O–H groups in total. The molecule has 0 radical (unpaired) electrons. The fourth-order valence-corrected chi connectivity index (χ4v) is 2.96. The summed E-state index contributed by atoms with van der Waals surface area (Å²) in [6.45, 7) is 5.39. The minimum absolute atomic E-state index is 0.0206. The van der Waals surface area contributed by atoms with Gasteiger partial charge in [0.2, 0.25) is 5.91 Å². The van der Waals surface area contributed by atoms with Gasteiger partial charge in [0.05, 0.1) is 12.0 Å². The molecule has 1 aromatic rings. The Hall–Kier alpha value is -1.88. The molecule has 24 heavy (non-hydrogen) atoms. The van der Waals surface area contributed by atoms with Crippen LogP contribution in [0, 0.1) is 11.8 Å². The quantitative estimate of drug-likeness (QED) is 0.838. The molecule has 5 heteroatoms. The summed E-state index contributed by atoms with van der Waals surface area (Å²) in [5.74, 6) is -0.126. The molecule has 1 aliphatic heterocycles. The molecule has 1 aromatic carbocycles. The van der Waals surface area contributed by atoms with E-state index in [1.54, 1.807) is 17.0 Å². The molecule has 1 aliphatic rings. The van der Waals surface area contributed by atoms with E-state index in [0.717, 1.165) is 19.3 Å². The molecular formula is C19H28N2O3. The first-order chi connectivity index (χ1) is 11.5. The Bertz CT molecular complexity index is 547. The number of aliphatic hydroxyl groups is 1. The number of hydrogen-bond donors (Lipinski definition) is 2. The largest absolute Gasteiger partial charge is 0.391 e. The summed E-state index contributed by atoms with van der Waals surface area (Å²) in [4.78, 5) is 26.6. The Morgan fingerprint density at radius 1 is 1.33 bits per heavy atom. The second-order valence-corrected chi connectivity index (χ2v) is 6.65. The number of piperidine rings is 1. The fraction of sp³-hybridized carbons (Fsp3) is 0.579. The van der Waals surface area contributed by atoms with Crippen molar-refractivity contribution >= 4 is 11.8 Å². The van der Waals surface area contributed by atoms with Crippen molar-refractivity contribution in [2.45, 2.75) is 39.2 Å². The average Bonchev–Trinajstić information content (AvgIpc) is 2.65. The van der Waals surface area contributed by atoms with E-state index in [4.69, 9.17) is 0 Å². The van der Waals surface area contributed by atoms with E-state index in [-0.39, 0.29) is 30.2 Å². The lowest BCUT2D eigenvalue weighted by molar-refractivity contribution is -0.126. The number of nitrogens with one attached hydrogen (secondary N) is 1. The second kappa shape index (κ2) is 8.83. The second-order valence-electron chi connectivity index (χ2n) is 6.65. The zero-order valence-electron chi connectivity index (χ0n) is 14.6. The predicted molar refractivity (Wildman–Crippen MR) is 93.5 cm³/mol. The minimum Gasteiger partial charge on any atom is -0.391 e. The van der Waals surface area contributed by atoms with Crippen LogP contribution < -0.4 is 5.32 Å². The minimum atomic E-state index is -0.524. The lowest BCUT2D eigenvalue weighted by Crippen LogP contribution is -2.47. The highest BCUT2D eigenvalue weighted by atomic mass is 16.3. The summed E-state index contributed by atoms with van der Waals surface area (Å²) in [6.07, 6.45) is 1.96. The Morgan fingerprint density at radius 3 is 2.71 bits per heavy atom. The van der Waals surface area contributed by atoms with E-state index in [0.29, 0.717) is 18.7 Å². The summed E-state index contributed by atoms with van der Waals surface area (Å²) < 4.78 is 0. The van der Waals surface area contributed by atoms with Gasteiger partial charge in [-0.1, -0.05) is 38.5 Å². The Morgan fingerprint density at radius 2 is 2.04 bits per heavy atom. The average molecular weight is 332 g/mol. The van der Waals surface area contributed by atoms with Gasteiger partial charge < -0.3 is 15.3 Å². The topological polar surface area (TPSA) is 69.6 Å². The summed E-state index contributed by atoms with van der Waals surface area (Å²) in [5, 5.41) is 12.8. The van der Waals surface area contributed by atoms with Crippen molar-refractivity contribution in [1.82, 2.24) is 10.2 Å². The van der Waals surface area contributed by atoms with Crippen molar-refractivity contribution in [3.8, 4) is 0 Å². The van der Waals surface area contributed by atoms with Crippen LogP contribution in [0.5, 0.6) is 0 Å². The predicted octanol–water partition coefficient (Wildman–Crippen LogP) is 2.06. The van der Waals surface area contributed by atoms with Gasteiger partial charge in [-0.2, -0.15) is 0 Å². The van der Waals surface area contributed by atoms with Gasteiger partial charge in [-0.15, -0.1) is 0 Å². The molecule has 1 saturated heterocycles. The van der Waals surface area contributed by atoms with Crippen molar-refractivity contribution in [3.05, 3.63) is 35.9 Å². The SMILES string of the molecule is CCC(C)C(O)CNC(=O)C1CCCN(C(=O)c2ccccc2)C1. The van der Waals surface area contributed by atoms with Crippen LogP contribution in [0.4, 0.5) is 0 Å². The molecule has 132 valence electrons. The van der Waals surface area contributed by atoms with Gasteiger partial charge >= 0.3 is 0 Å². The Kier molecular flexibility index (Phi) is 6.79. The van der Waals surface area contributed by atoms with Crippen molar-refractivity contribution in [1.29, 1.82) is 0 Å². The van der Waals surface area contributed by atoms with Crippen molar-refractivity contribution in [3.63, 3.8) is 0 Å². The highest BCUT2D eigenvalue weighted by Crippen LogP contribution is 2.19. The van der Waals surface area contributed by atoms with Crippen LogP contribution in [0.1, 0.15) is 43.5 Å². The molecule has 0 bridgehead atoms. The van der Waals surface area contributed by atoms with Crippen LogP contribution in [0.25, 0.3) is 0 Å². The smallest absolute Gasteiger partial charge is 0.253 e. The molecule has 2 rings (SSSR count). The van der Waals surface area contributed by atoms with Crippen LogP contribution in [-0.2, 0) is 4.79 Å². The zero-order chi connectivity index (χ0) is 17.5. The maximum Gasteiger partial charge on any atom is 0.253 e. The maximum atomic E-state index is 12.5. The molecule has 1 heterocycles. The van der Waals surface area contributed by atoms with Crippen LogP contribution in [0.3, 0.4) is 0 Å². The van der Waals surface area contributed by atoms with Crippen LogP contribution in [0.15, 0.2) is 30.3 Å². The molecule has 1 fully saturated rings. The van der Waals surface area contributed by atoms with E-state index in [9.17, 15) is 14.7 Å². The maximum absolute atomic E-state index is 12.5. The van der Waals surface area contributed by atoms with Gasteiger partial charge in [0.25, 0.3) is 5.91 Å². The Balaban J connectivity index is 1.88. The number of rotatable bonds is 6. The lowest BCUT2D eigenvalue weighted by Gasteiger charge is -2.32. The van der Waals surface area contributed by atoms with Crippen molar-refractivity contribution in [2.24, 2.45) is 11.8 Å². The van der Waals surface area contributed by atoms with E-state index in [1.807, 2.05) is 32.0 Å². The fourth-order valence-electron chi connectivity index (χ4n) is 2.96. The van der Waals surface area contributed by atoms with E-state index >= 15 is 0 Å². The van der Waals surface area contributed by atoms with Gasteiger partial charge in [0.15, 0.2) is 0 Å². The van der Waals surface area contributed by atoms with Crippen LogP contribution in [0.2, 0.25) is 0 Å². The first kappa shape index (κ1) is 18.5. The highest BCUT2D eigenvalue weighted by Gasteiger charge is 2.29. The molecule has 3 unspecified atom stereocenters. The molecule has 2 amide bonds. The summed E-state index contributed by atoms with van der Waals surface area (Å²) in [6, 6.07) is 9.17. The molecular weight excluding hydrogens is 304 g/mol. The molecule has 0 spiro atoms. The van der Waals surface area contributed by atoms with Gasteiger partial charge in [-0.3, -0.25) is 9.59 Å². The number of aliphatic hydroxyl groups excluding tert-OH is 1. The van der Waals surface area contributed by atoms with Gasteiger partial charge in [-0.05, 0) is 30.9 Å². The number of nitrogens with zero attached hydrogens (tertiary/aromatic N) is 1. The van der Waals surface area contributed by atoms with Crippen molar-refractivity contribution in [2.75, 3.05) is 19.6 Å². The first-order valence-corrected chi connectivity index (χ1v) is 8.83. The molecule has 0 saturated carbocycles. The van der Waals surface area contributed by atoms with E-state index in [2.05, 4.69) is 5.32 Å². The van der Waals surface area contributed by atoms with Crippen molar-refractivity contribution < 1.29 is 14.7 Å². The Labute approximate surface area is 144 Å². The summed E-state index contributed by atoms with van der Waals surface area (Å²) in [5.41, 5.74) is 0.658. The zero-order valence-corrected chi connectivity index (χ0v) is 14.6. The monoisotopic (exact) mass is 332 g/mol. The van der Waals surface area contributed by atoms with Crippen LogP contribution in [-0.4, -0.2) is 47.6 Å². The normalized spacial score (nSPS) is 20.3. The lowest BCUT2D eigenvalue weighted by atomic mass is 9.96. The molecule has 5 nitrogen and oxygen atoms in total. The summed E-state index contributed by atoms with van der Waals surface area (Å²) in [7, 11) is 0. The number of amides is 2. The molecule has 0 aliphatic carbocycles. The van der Waals surface area contributed by atoms with Gasteiger partial charge in [-0.25, -0.2) is 0 Å². The molecule has 3 atom stereocenters. The number of benzene rings is 1. The van der Waals surface area contributed by atoms with Gasteiger partial charge in [0, 0.05) is 25.2 Å². The van der Waals surface area contributed by atoms with E-state index in [1.165, 1.54) is 0 Å². The standard InChI is InChI=1S/C19H28N2O3/c1-3-14(2)17(22)12-20-18(23)16-10-7-11-21(13-16)19(24)15-8-5-4-6-9-15/h4-6,8-9,14,16-17,22H,3,7,10-13H2,1-2H3,(H,20,23). The van der Waals surface area contributed by atoms with Crippen LogP contribution >= 0.6 is 0 Å². The summed E-state index contributed by atoms with van der Waals surface area (Å²) >= 11 is 0. The van der Waals surface area contributed by atoms with E-state index < -0.39 is 6.10 Å². The number of carbonyl (C=O) groups excluding carboxylic acids is 2. The number of hydrogen-bond acceptors (Lipinski definition) is 3. The third kappa shape index (κ3) is 4.81. The van der Waals surface area contributed by atoms with Gasteiger partial charge in [0.1, 0.15) is 0 Å². The third-order valence-corrected chi connectivity index (χ3v) is 4.89. The number of likely N-dealkylation sites (tertiary alicyclic amines) is 1. The highest BCUT2D eigenvalue weighted by molar-refractivity contribution is 5.94. The third-order valence-electron chi connectivity index (χ3n) is 4.89. The first-order valence-electron chi connectivity index (χ1n) is 8.83.